The average molecular weight is 530 g/mol. The topological polar surface area (TPSA) is 79.4 Å². The van der Waals surface area contributed by atoms with E-state index in [-0.39, 0.29) is 27.0 Å². The van der Waals surface area contributed by atoms with Crippen molar-refractivity contribution in [2.45, 2.75) is 0 Å². The zero-order chi connectivity index (χ0) is 25.2. The van der Waals surface area contributed by atoms with Crippen molar-refractivity contribution in [3.8, 4) is 11.5 Å². The molecule has 1 aliphatic heterocycles. The minimum absolute atomic E-state index is 0.0214. The number of benzene rings is 3. The van der Waals surface area contributed by atoms with Gasteiger partial charge in [0.25, 0.3) is 5.91 Å². The number of ether oxygens (including phenoxy) is 1. The third kappa shape index (κ3) is 5.04. The summed E-state index contributed by atoms with van der Waals surface area (Å²) >= 11 is 12.1. The number of nitrogens with zero attached hydrogens (tertiary/aromatic N) is 3. The molecule has 5 rings (SSSR count). The van der Waals surface area contributed by atoms with Crippen molar-refractivity contribution in [2.24, 2.45) is 0 Å². The van der Waals surface area contributed by atoms with E-state index in [0.717, 1.165) is 44.1 Å². The van der Waals surface area contributed by atoms with E-state index in [4.69, 9.17) is 27.9 Å². The van der Waals surface area contributed by atoms with Crippen molar-refractivity contribution in [3.05, 3.63) is 82.0 Å². The molecule has 1 fully saturated rings. The first kappa shape index (κ1) is 24.2. The first-order valence-corrected chi connectivity index (χ1v) is 11.8. The summed E-state index contributed by atoms with van der Waals surface area (Å²) in [5.74, 6) is -1.35. The smallest absolute Gasteiger partial charge is 0.255 e. The first-order chi connectivity index (χ1) is 17.4. The van der Waals surface area contributed by atoms with Gasteiger partial charge in [0.2, 0.25) is 0 Å². The van der Waals surface area contributed by atoms with E-state index in [1.165, 1.54) is 18.2 Å². The molecule has 1 aromatic heterocycles. The van der Waals surface area contributed by atoms with Crippen LogP contribution in [0.3, 0.4) is 0 Å². The number of piperazine rings is 1. The van der Waals surface area contributed by atoms with Crippen LogP contribution in [0.2, 0.25) is 10.0 Å². The minimum Gasteiger partial charge on any atom is -0.453 e. The Bertz CT molecular complexity index is 1460. The third-order valence-corrected chi connectivity index (χ3v) is 6.32. The lowest BCUT2D eigenvalue weighted by Crippen LogP contribution is -2.43. The number of amides is 1. The van der Waals surface area contributed by atoms with Crippen LogP contribution in [0.15, 0.2) is 54.7 Å². The zero-order valence-corrected chi connectivity index (χ0v) is 20.2. The number of carbonyl (C=O) groups is 1. The van der Waals surface area contributed by atoms with Crippen molar-refractivity contribution >= 4 is 51.6 Å². The molecule has 7 nitrogen and oxygen atoms in total. The first-order valence-electron chi connectivity index (χ1n) is 11.0. The summed E-state index contributed by atoms with van der Waals surface area (Å²) in [5, 5.41) is 5.57. The predicted molar refractivity (Wildman–Crippen MR) is 135 cm³/mol. The summed E-state index contributed by atoms with van der Waals surface area (Å²) in [6.45, 7) is 3.36. The van der Waals surface area contributed by atoms with Crippen molar-refractivity contribution in [2.75, 3.05) is 36.4 Å². The second kappa shape index (κ2) is 10.2. The van der Waals surface area contributed by atoms with Gasteiger partial charge < -0.3 is 20.3 Å². The molecule has 2 N–H and O–H groups in total. The van der Waals surface area contributed by atoms with E-state index in [0.29, 0.717) is 16.8 Å². The van der Waals surface area contributed by atoms with Gasteiger partial charge >= 0.3 is 0 Å². The summed E-state index contributed by atoms with van der Waals surface area (Å²) in [6, 6.07) is 11.0. The summed E-state index contributed by atoms with van der Waals surface area (Å²) in [6.07, 6.45) is 1.73. The van der Waals surface area contributed by atoms with Crippen LogP contribution in [-0.4, -0.2) is 42.1 Å². The molecule has 0 saturated carbocycles. The van der Waals surface area contributed by atoms with Crippen LogP contribution in [0.1, 0.15) is 10.4 Å². The molecule has 0 unspecified atom stereocenters. The number of carbonyl (C=O) groups excluding carboxylic acids is 1. The fourth-order valence-electron chi connectivity index (χ4n) is 3.76. The van der Waals surface area contributed by atoms with Crippen molar-refractivity contribution < 1.29 is 18.3 Å². The highest BCUT2D eigenvalue weighted by Gasteiger charge is 2.18. The SMILES string of the molecule is O=C(Nc1ccc(F)c(Oc2ccc3ncc(N4CCNCC4)nc3c2)c1Cl)c1ccc(Cl)c(F)c1. The molecule has 0 atom stereocenters. The highest BCUT2D eigenvalue weighted by molar-refractivity contribution is 6.35. The highest BCUT2D eigenvalue weighted by atomic mass is 35.5. The van der Waals surface area contributed by atoms with Gasteiger partial charge in [-0.25, -0.2) is 13.8 Å². The molecule has 0 bridgehead atoms. The molecule has 3 aromatic carbocycles. The van der Waals surface area contributed by atoms with Gasteiger partial charge in [0.15, 0.2) is 11.6 Å². The summed E-state index contributed by atoms with van der Waals surface area (Å²) < 4.78 is 34.2. The zero-order valence-electron chi connectivity index (χ0n) is 18.7. The third-order valence-electron chi connectivity index (χ3n) is 5.64. The van der Waals surface area contributed by atoms with Gasteiger partial charge in [-0.1, -0.05) is 23.2 Å². The van der Waals surface area contributed by atoms with Crippen LogP contribution in [0.25, 0.3) is 11.0 Å². The number of hydrogen-bond donors (Lipinski definition) is 2. The lowest BCUT2D eigenvalue weighted by Gasteiger charge is -2.28. The molecule has 1 aliphatic rings. The largest absolute Gasteiger partial charge is 0.453 e. The van der Waals surface area contributed by atoms with Crippen LogP contribution in [-0.2, 0) is 0 Å². The number of anilines is 2. The fraction of sp³-hybridized carbons (Fsp3) is 0.160. The highest BCUT2D eigenvalue weighted by Crippen LogP contribution is 2.38. The standard InChI is InChI=1S/C25H19Cl2F2N5O2/c26-16-3-1-14(11-18(16)29)25(35)33-20-6-4-17(28)24(23(20)27)36-15-2-5-19-21(12-15)32-22(13-31-19)34-9-7-30-8-10-34/h1-6,11-13,30H,7-10H2,(H,33,35). The second-order valence-electron chi connectivity index (χ2n) is 8.04. The Morgan fingerprint density at radius 2 is 1.81 bits per heavy atom. The van der Waals surface area contributed by atoms with Gasteiger partial charge in [-0.15, -0.1) is 0 Å². The normalized spacial score (nSPS) is 13.6. The van der Waals surface area contributed by atoms with Crippen molar-refractivity contribution in [1.82, 2.24) is 15.3 Å². The Labute approximate surface area is 215 Å². The number of fused-ring (bicyclic) bond motifs is 1. The molecule has 4 aromatic rings. The number of halogens is 4. The molecule has 36 heavy (non-hydrogen) atoms. The summed E-state index contributed by atoms with van der Waals surface area (Å²) in [4.78, 5) is 23.8. The molecule has 1 saturated heterocycles. The average Bonchev–Trinajstić information content (AvgIpc) is 2.89. The van der Waals surface area contributed by atoms with E-state index in [2.05, 4.69) is 25.5 Å². The molecular formula is C25H19Cl2F2N5O2. The van der Waals surface area contributed by atoms with E-state index >= 15 is 0 Å². The lowest BCUT2D eigenvalue weighted by atomic mass is 10.2. The van der Waals surface area contributed by atoms with Crippen molar-refractivity contribution in [3.63, 3.8) is 0 Å². The number of hydrogen-bond acceptors (Lipinski definition) is 6. The molecule has 184 valence electrons. The quantitative estimate of drug-likeness (QED) is 0.346. The van der Waals surface area contributed by atoms with Crippen molar-refractivity contribution in [1.29, 1.82) is 0 Å². The second-order valence-corrected chi connectivity index (χ2v) is 8.82. The number of nitrogens with one attached hydrogen (secondary N) is 2. The molecule has 0 spiro atoms. The molecule has 11 heteroatoms. The maximum Gasteiger partial charge on any atom is 0.255 e. The fourth-order valence-corrected chi connectivity index (χ4v) is 4.12. The van der Waals surface area contributed by atoms with Crippen LogP contribution in [0, 0.1) is 11.6 Å². The van der Waals surface area contributed by atoms with E-state index < -0.39 is 17.5 Å². The number of aromatic nitrogens is 2. The Morgan fingerprint density at radius 1 is 1.00 bits per heavy atom. The summed E-state index contributed by atoms with van der Waals surface area (Å²) in [5.41, 5.74) is 1.35. The maximum absolute atomic E-state index is 14.7. The van der Waals surface area contributed by atoms with Crippen LogP contribution in [0.4, 0.5) is 20.3 Å². The molecule has 1 amide bonds. The predicted octanol–water partition coefficient (Wildman–Crippen LogP) is 5.67. The Balaban J connectivity index is 1.40. The van der Waals surface area contributed by atoms with Gasteiger partial charge in [0.05, 0.1) is 27.9 Å². The van der Waals surface area contributed by atoms with E-state index in [1.807, 2.05) is 0 Å². The van der Waals surface area contributed by atoms with Crippen LogP contribution >= 0.6 is 23.2 Å². The molecule has 0 aliphatic carbocycles. The van der Waals surface area contributed by atoms with Gasteiger partial charge in [-0.2, -0.15) is 0 Å². The Hall–Kier alpha value is -3.53. The number of rotatable bonds is 5. The van der Waals surface area contributed by atoms with Crippen LogP contribution in [0.5, 0.6) is 11.5 Å². The van der Waals surface area contributed by atoms with E-state index in [1.54, 1.807) is 24.4 Å². The monoisotopic (exact) mass is 529 g/mol. The maximum atomic E-state index is 14.7. The Kier molecular flexibility index (Phi) is 6.86. The lowest BCUT2D eigenvalue weighted by molar-refractivity contribution is 0.102. The van der Waals surface area contributed by atoms with Gasteiger partial charge in [-0.05, 0) is 42.5 Å². The molecular weight excluding hydrogens is 511 g/mol. The van der Waals surface area contributed by atoms with Gasteiger partial charge in [0, 0.05) is 37.8 Å². The van der Waals surface area contributed by atoms with E-state index in [9.17, 15) is 13.6 Å². The molecule has 0 radical (unpaired) electrons. The van der Waals surface area contributed by atoms with Crippen LogP contribution < -0.4 is 20.3 Å². The minimum atomic E-state index is -0.738. The van der Waals surface area contributed by atoms with Gasteiger partial charge in [-0.3, -0.25) is 9.78 Å². The summed E-state index contributed by atoms with van der Waals surface area (Å²) in [7, 11) is 0. The Morgan fingerprint density at radius 3 is 2.58 bits per heavy atom. The molecule has 2 heterocycles. The van der Waals surface area contributed by atoms with Gasteiger partial charge in [0.1, 0.15) is 22.4 Å².